The summed E-state index contributed by atoms with van der Waals surface area (Å²) in [5.74, 6) is -0.251. The summed E-state index contributed by atoms with van der Waals surface area (Å²) in [6, 6.07) is 1.40. The normalized spacial score (nSPS) is 18.0. The van der Waals surface area contributed by atoms with Crippen LogP contribution < -0.4 is 10.2 Å². The number of aromatic nitrogens is 2. The first-order valence-corrected chi connectivity index (χ1v) is 7.95. The van der Waals surface area contributed by atoms with Crippen LogP contribution in [0.25, 0.3) is 0 Å². The fourth-order valence-corrected chi connectivity index (χ4v) is 3.63. The Morgan fingerprint density at radius 2 is 2.23 bits per heavy atom. The molecule has 1 aliphatic rings. The second kappa shape index (κ2) is 5.57. The van der Waals surface area contributed by atoms with Gasteiger partial charge in [0, 0.05) is 29.5 Å². The second-order valence-corrected chi connectivity index (χ2v) is 6.96. The number of carbonyl (C=O) groups is 2. The Morgan fingerprint density at radius 1 is 1.45 bits per heavy atom. The average Bonchev–Trinajstić information content (AvgIpc) is 3.11. The summed E-state index contributed by atoms with van der Waals surface area (Å²) in [5.41, 5.74) is 1.43. The third kappa shape index (κ3) is 2.64. The van der Waals surface area contributed by atoms with Crippen molar-refractivity contribution in [2.24, 2.45) is 7.05 Å². The lowest BCUT2D eigenvalue weighted by Gasteiger charge is -2.15. The van der Waals surface area contributed by atoms with Crippen LogP contribution in [0.4, 0.5) is 5.69 Å². The van der Waals surface area contributed by atoms with Crippen LogP contribution in [0.2, 0.25) is 0 Å². The predicted octanol–water partition coefficient (Wildman–Crippen LogP) is 1.63. The number of carbonyl (C=O) groups excluding carboxylic acids is 2. The highest BCUT2D eigenvalue weighted by atomic mass is 32.1. The van der Waals surface area contributed by atoms with Crippen LogP contribution in [-0.2, 0) is 11.8 Å². The number of nitrogens with zero attached hydrogens (tertiary/aromatic N) is 3. The quantitative estimate of drug-likeness (QED) is 0.935. The van der Waals surface area contributed by atoms with Gasteiger partial charge in [0.25, 0.3) is 5.91 Å². The molecule has 3 rings (SSSR count). The molecule has 1 saturated heterocycles. The highest BCUT2D eigenvalue weighted by molar-refractivity contribution is 7.12. The van der Waals surface area contributed by atoms with Gasteiger partial charge < -0.3 is 10.2 Å². The molecule has 22 heavy (non-hydrogen) atoms. The van der Waals surface area contributed by atoms with Crippen molar-refractivity contribution < 1.29 is 9.59 Å². The Bertz CT molecular complexity index is 734. The lowest BCUT2D eigenvalue weighted by atomic mass is 10.2. The molecule has 0 aliphatic carbocycles. The third-order valence-corrected chi connectivity index (χ3v) is 4.77. The molecule has 0 aromatic carbocycles. The van der Waals surface area contributed by atoms with E-state index >= 15 is 0 Å². The molecular formula is C15H18N4O2S. The summed E-state index contributed by atoms with van der Waals surface area (Å²) in [5, 5.41) is 6.94. The van der Waals surface area contributed by atoms with Crippen LogP contribution in [0.3, 0.4) is 0 Å². The molecule has 1 unspecified atom stereocenters. The smallest absolute Gasteiger partial charge is 0.253 e. The zero-order chi connectivity index (χ0) is 15.9. The topological polar surface area (TPSA) is 67.2 Å². The van der Waals surface area contributed by atoms with E-state index in [9.17, 15) is 9.59 Å². The third-order valence-electron chi connectivity index (χ3n) is 3.80. The zero-order valence-corrected chi connectivity index (χ0v) is 13.6. The first-order valence-electron chi connectivity index (χ1n) is 7.13. The molecule has 1 aliphatic heterocycles. The maximum atomic E-state index is 12.4. The van der Waals surface area contributed by atoms with Gasteiger partial charge in [-0.25, -0.2) is 0 Å². The minimum absolute atomic E-state index is 0.0778. The average molecular weight is 318 g/mol. The minimum Gasteiger partial charge on any atom is -0.340 e. The second-order valence-electron chi connectivity index (χ2n) is 5.50. The van der Waals surface area contributed by atoms with Gasteiger partial charge in [0.05, 0.1) is 17.4 Å². The molecule has 1 fully saturated rings. The molecule has 0 saturated carbocycles. The van der Waals surface area contributed by atoms with Crippen molar-refractivity contribution in [1.29, 1.82) is 0 Å². The molecule has 116 valence electrons. The summed E-state index contributed by atoms with van der Waals surface area (Å²) in [6.07, 6.45) is 4.07. The molecule has 0 bridgehead atoms. The number of thiophene rings is 1. The molecule has 1 N–H and O–H groups in total. The molecule has 0 spiro atoms. The Morgan fingerprint density at radius 3 is 2.82 bits per heavy atom. The summed E-state index contributed by atoms with van der Waals surface area (Å²) < 4.78 is 1.66. The van der Waals surface area contributed by atoms with Crippen LogP contribution in [-0.4, -0.2) is 34.2 Å². The largest absolute Gasteiger partial charge is 0.340 e. The van der Waals surface area contributed by atoms with Crippen LogP contribution in [0.15, 0.2) is 18.5 Å². The van der Waals surface area contributed by atoms with Gasteiger partial charge in [-0.15, -0.1) is 11.3 Å². The molecule has 6 nitrogen and oxygen atoms in total. The van der Waals surface area contributed by atoms with Gasteiger partial charge in [-0.05, 0) is 26.3 Å². The monoisotopic (exact) mass is 318 g/mol. The Kier molecular flexibility index (Phi) is 3.74. The first-order chi connectivity index (χ1) is 10.5. The Balaban J connectivity index is 1.70. The fourth-order valence-electron chi connectivity index (χ4n) is 2.71. The number of hydrogen-bond acceptors (Lipinski definition) is 4. The standard InChI is InChI=1S/C15H18N4O2S/c1-9-6-12(10(2)22-9)14(20)17-13-4-5-19(15(13)21)11-7-16-18(3)8-11/h6-8,13H,4-5H2,1-3H3,(H,17,20). The Labute approximate surface area is 132 Å². The lowest BCUT2D eigenvalue weighted by molar-refractivity contribution is -0.118. The molecule has 2 aromatic rings. The van der Waals surface area contributed by atoms with Crippen LogP contribution >= 0.6 is 11.3 Å². The molecular weight excluding hydrogens is 300 g/mol. The SMILES string of the molecule is Cc1cc(C(=O)NC2CCN(c3cnn(C)c3)C2=O)c(C)s1. The molecule has 2 aromatic heterocycles. The highest BCUT2D eigenvalue weighted by Gasteiger charge is 2.34. The lowest BCUT2D eigenvalue weighted by Crippen LogP contribution is -2.41. The summed E-state index contributed by atoms with van der Waals surface area (Å²) in [4.78, 5) is 28.5. The minimum atomic E-state index is -0.465. The number of amides is 2. The molecule has 7 heteroatoms. The van der Waals surface area contributed by atoms with Gasteiger partial charge in [-0.3, -0.25) is 14.3 Å². The summed E-state index contributed by atoms with van der Waals surface area (Å²) >= 11 is 1.59. The maximum Gasteiger partial charge on any atom is 0.253 e. The number of nitrogens with one attached hydrogen (secondary N) is 1. The maximum absolute atomic E-state index is 12.4. The van der Waals surface area contributed by atoms with Crippen molar-refractivity contribution in [3.05, 3.63) is 33.8 Å². The number of hydrogen-bond donors (Lipinski definition) is 1. The van der Waals surface area contributed by atoms with Gasteiger partial charge in [0.15, 0.2) is 0 Å². The number of anilines is 1. The predicted molar refractivity (Wildman–Crippen MR) is 85.2 cm³/mol. The van der Waals surface area contributed by atoms with E-state index in [1.165, 1.54) is 0 Å². The number of aryl methyl sites for hydroxylation is 3. The molecule has 3 heterocycles. The van der Waals surface area contributed by atoms with Crippen LogP contribution in [0.1, 0.15) is 26.5 Å². The van der Waals surface area contributed by atoms with Crippen LogP contribution in [0, 0.1) is 13.8 Å². The molecule has 0 radical (unpaired) electrons. The van der Waals surface area contributed by atoms with E-state index in [1.54, 1.807) is 33.3 Å². The van der Waals surface area contributed by atoms with E-state index < -0.39 is 6.04 Å². The van der Waals surface area contributed by atoms with Crippen molar-refractivity contribution in [2.45, 2.75) is 26.3 Å². The zero-order valence-electron chi connectivity index (χ0n) is 12.8. The van der Waals surface area contributed by atoms with E-state index in [0.29, 0.717) is 18.5 Å². The van der Waals surface area contributed by atoms with Gasteiger partial charge in [-0.1, -0.05) is 0 Å². The summed E-state index contributed by atoms with van der Waals surface area (Å²) in [6.45, 7) is 4.49. The van der Waals surface area contributed by atoms with E-state index in [-0.39, 0.29) is 11.8 Å². The van der Waals surface area contributed by atoms with Gasteiger partial charge in [0.1, 0.15) is 6.04 Å². The van der Waals surface area contributed by atoms with Crippen molar-refractivity contribution in [1.82, 2.24) is 15.1 Å². The van der Waals surface area contributed by atoms with Crippen LogP contribution in [0.5, 0.6) is 0 Å². The molecule has 2 amide bonds. The van der Waals surface area contributed by atoms with Gasteiger partial charge >= 0.3 is 0 Å². The van der Waals surface area contributed by atoms with Gasteiger partial charge in [-0.2, -0.15) is 5.10 Å². The van der Waals surface area contributed by atoms with Crippen molar-refractivity contribution in [2.75, 3.05) is 11.4 Å². The van der Waals surface area contributed by atoms with E-state index in [0.717, 1.165) is 15.4 Å². The molecule has 1 atom stereocenters. The Hall–Kier alpha value is -2.15. The number of rotatable bonds is 3. The van der Waals surface area contributed by atoms with Gasteiger partial charge in [0.2, 0.25) is 5.91 Å². The fraction of sp³-hybridized carbons (Fsp3) is 0.400. The highest BCUT2D eigenvalue weighted by Crippen LogP contribution is 2.23. The van der Waals surface area contributed by atoms with E-state index in [1.807, 2.05) is 27.0 Å². The first kappa shape index (κ1) is 14.8. The van der Waals surface area contributed by atoms with Crippen molar-refractivity contribution in [3.8, 4) is 0 Å². The van der Waals surface area contributed by atoms with Crippen molar-refractivity contribution >= 4 is 28.8 Å². The van der Waals surface area contributed by atoms with E-state index in [2.05, 4.69) is 10.4 Å². The van der Waals surface area contributed by atoms with Crippen molar-refractivity contribution in [3.63, 3.8) is 0 Å². The summed E-state index contributed by atoms with van der Waals surface area (Å²) in [7, 11) is 1.81. The van der Waals surface area contributed by atoms with E-state index in [4.69, 9.17) is 0 Å².